The first-order valence-electron chi connectivity index (χ1n) is 6.43. The largest absolute Gasteiger partial charge is 0.343 e. The molecule has 1 amide bonds. The predicted molar refractivity (Wildman–Crippen MR) is 84.0 cm³/mol. The fourth-order valence-corrected chi connectivity index (χ4v) is 1.31. The molecule has 1 aliphatic rings. The second-order valence-electron chi connectivity index (χ2n) is 3.72. The van der Waals surface area contributed by atoms with Crippen LogP contribution in [0, 0.1) is 0 Å². The van der Waals surface area contributed by atoms with Crippen LogP contribution in [0.5, 0.6) is 0 Å². The molecule has 0 aromatic rings. The second-order valence-corrected chi connectivity index (χ2v) is 4.97. The van der Waals surface area contributed by atoms with Gasteiger partial charge < -0.3 is 9.80 Å². The minimum absolute atomic E-state index is 0.889. The first-order valence-corrected chi connectivity index (χ1v) is 7.22. The first-order chi connectivity index (χ1) is 8.60. The van der Waals surface area contributed by atoms with Gasteiger partial charge in [0.05, 0.1) is 0 Å². The van der Waals surface area contributed by atoms with Crippen LogP contribution in [-0.2, 0) is 4.79 Å². The second kappa shape index (κ2) is 14.5. The molecule has 1 fully saturated rings. The zero-order valence-electron chi connectivity index (χ0n) is 12.3. The average molecular weight is 319 g/mol. The minimum Gasteiger partial charge on any atom is -0.343 e. The van der Waals surface area contributed by atoms with Gasteiger partial charge in [0.2, 0.25) is 6.41 Å². The van der Waals surface area contributed by atoms with Crippen LogP contribution in [0.2, 0.25) is 0 Å². The SMILES string of the molecule is C/C=C\C=C(/C)Br.CC.CN1CCN(C=O)CC1. The number of piperazine rings is 1. The molecule has 0 N–H and O–H groups in total. The van der Waals surface area contributed by atoms with Crippen LogP contribution in [0.4, 0.5) is 0 Å². The van der Waals surface area contributed by atoms with E-state index in [9.17, 15) is 4.79 Å². The standard InChI is InChI=1S/C6H9Br.C6H12N2O.C2H6/c1-3-4-5-6(2)7;1-7-2-4-8(6-9)5-3-7;1-2/h3-5H,1-2H3;6H,2-5H2,1H3;1-2H3/b4-3-,6-5+;;. The molecule has 1 aliphatic heterocycles. The third kappa shape index (κ3) is 13.5. The highest BCUT2D eigenvalue weighted by Gasteiger charge is 2.10. The van der Waals surface area contributed by atoms with Gasteiger partial charge in [0.25, 0.3) is 0 Å². The summed E-state index contributed by atoms with van der Waals surface area (Å²) in [5, 5.41) is 0. The van der Waals surface area contributed by atoms with Crippen LogP contribution in [0.3, 0.4) is 0 Å². The maximum Gasteiger partial charge on any atom is 0.209 e. The van der Waals surface area contributed by atoms with E-state index in [1.807, 2.05) is 45.9 Å². The van der Waals surface area contributed by atoms with E-state index in [1.165, 1.54) is 0 Å². The molecule has 0 spiro atoms. The van der Waals surface area contributed by atoms with Gasteiger partial charge in [-0.05, 0) is 25.4 Å². The van der Waals surface area contributed by atoms with Crippen molar-refractivity contribution < 1.29 is 4.79 Å². The molecule has 3 nitrogen and oxygen atoms in total. The van der Waals surface area contributed by atoms with Crippen molar-refractivity contribution >= 4 is 22.3 Å². The molecular formula is C14H27BrN2O. The number of nitrogens with zero attached hydrogens (tertiary/aromatic N) is 2. The summed E-state index contributed by atoms with van der Waals surface area (Å²) in [5.41, 5.74) is 0. The Morgan fingerprint density at radius 2 is 1.67 bits per heavy atom. The molecule has 0 saturated carbocycles. The van der Waals surface area contributed by atoms with E-state index in [2.05, 4.69) is 27.9 Å². The Kier molecular flexibility index (Phi) is 15.8. The number of hydrogen-bond donors (Lipinski definition) is 0. The van der Waals surface area contributed by atoms with E-state index in [1.54, 1.807) is 4.90 Å². The molecule has 0 aliphatic carbocycles. The highest BCUT2D eigenvalue weighted by molar-refractivity contribution is 9.11. The topological polar surface area (TPSA) is 23.6 Å². The van der Waals surface area contributed by atoms with Gasteiger partial charge in [-0.25, -0.2) is 0 Å². The van der Waals surface area contributed by atoms with Crippen molar-refractivity contribution in [1.29, 1.82) is 0 Å². The molecular weight excluding hydrogens is 292 g/mol. The van der Waals surface area contributed by atoms with Gasteiger partial charge in [0, 0.05) is 26.2 Å². The summed E-state index contributed by atoms with van der Waals surface area (Å²) in [6, 6.07) is 0. The van der Waals surface area contributed by atoms with Crippen molar-refractivity contribution in [1.82, 2.24) is 9.80 Å². The van der Waals surface area contributed by atoms with Crippen molar-refractivity contribution in [2.45, 2.75) is 27.7 Å². The lowest BCUT2D eigenvalue weighted by atomic mass is 10.4. The molecule has 18 heavy (non-hydrogen) atoms. The van der Waals surface area contributed by atoms with Crippen LogP contribution < -0.4 is 0 Å². The van der Waals surface area contributed by atoms with E-state index < -0.39 is 0 Å². The van der Waals surface area contributed by atoms with Crippen LogP contribution in [-0.4, -0.2) is 49.4 Å². The molecule has 0 unspecified atom stereocenters. The van der Waals surface area contributed by atoms with E-state index >= 15 is 0 Å². The summed E-state index contributed by atoms with van der Waals surface area (Å²) < 4.78 is 1.16. The molecule has 0 atom stereocenters. The van der Waals surface area contributed by atoms with Crippen LogP contribution >= 0.6 is 15.9 Å². The molecule has 0 aromatic heterocycles. The smallest absolute Gasteiger partial charge is 0.209 e. The molecule has 4 heteroatoms. The number of amides is 1. The Balaban J connectivity index is 0. The Morgan fingerprint density at radius 3 is 1.94 bits per heavy atom. The maximum absolute atomic E-state index is 10.2. The summed E-state index contributed by atoms with van der Waals surface area (Å²) in [6.45, 7) is 11.8. The third-order valence-electron chi connectivity index (χ3n) is 2.21. The number of hydrogen-bond acceptors (Lipinski definition) is 2. The molecule has 0 radical (unpaired) electrons. The Labute approximate surface area is 121 Å². The highest BCUT2D eigenvalue weighted by Crippen LogP contribution is 2.00. The maximum atomic E-state index is 10.2. The van der Waals surface area contributed by atoms with Crippen LogP contribution in [0.1, 0.15) is 27.7 Å². The van der Waals surface area contributed by atoms with Crippen molar-refractivity contribution in [3.05, 3.63) is 22.7 Å². The number of likely N-dealkylation sites (N-methyl/N-ethyl adjacent to an activating group) is 1. The zero-order valence-corrected chi connectivity index (χ0v) is 13.9. The fraction of sp³-hybridized carbons (Fsp3) is 0.643. The van der Waals surface area contributed by atoms with Crippen molar-refractivity contribution in [3.8, 4) is 0 Å². The molecule has 1 rings (SSSR count). The van der Waals surface area contributed by atoms with E-state index in [-0.39, 0.29) is 0 Å². The Bertz CT molecular complexity index is 240. The Morgan fingerprint density at radius 1 is 1.17 bits per heavy atom. The number of rotatable bonds is 2. The molecule has 106 valence electrons. The zero-order chi connectivity index (χ0) is 14.4. The number of carbonyl (C=O) groups is 1. The van der Waals surface area contributed by atoms with Gasteiger partial charge in [-0.1, -0.05) is 48.0 Å². The van der Waals surface area contributed by atoms with Gasteiger partial charge in [0.15, 0.2) is 0 Å². The van der Waals surface area contributed by atoms with Crippen molar-refractivity contribution in [2.24, 2.45) is 0 Å². The van der Waals surface area contributed by atoms with Crippen LogP contribution in [0.25, 0.3) is 0 Å². The number of halogens is 1. The molecule has 1 heterocycles. The van der Waals surface area contributed by atoms with E-state index in [0.29, 0.717) is 0 Å². The third-order valence-corrected chi connectivity index (χ3v) is 2.47. The van der Waals surface area contributed by atoms with Gasteiger partial charge in [-0.2, -0.15) is 0 Å². The molecule has 1 saturated heterocycles. The monoisotopic (exact) mass is 318 g/mol. The van der Waals surface area contributed by atoms with Gasteiger partial charge in [-0.15, -0.1) is 0 Å². The summed E-state index contributed by atoms with van der Waals surface area (Å²) in [7, 11) is 2.07. The summed E-state index contributed by atoms with van der Waals surface area (Å²) in [6.07, 6.45) is 6.90. The van der Waals surface area contributed by atoms with Gasteiger partial charge >= 0.3 is 0 Å². The highest BCUT2D eigenvalue weighted by atomic mass is 79.9. The van der Waals surface area contributed by atoms with E-state index in [0.717, 1.165) is 37.1 Å². The summed E-state index contributed by atoms with van der Waals surface area (Å²) in [4.78, 5) is 14.2. The van der Waals surface area contributed by atoms with Crippen LogP contribution in [0.15, 0.2) is 22.7 Å². The number of carbonyl (C=O) groups excluding carboxylic acids is 1. The van der Waals surface area contributed by atoms with Gasteiger partial charge in [-0.3, -0.25) is 4.79 Å². The lowest BCUT2D eigenvalue weighted by Gasteiger charge is -2.29. The fourth-order valence-electron chi connectivity index (χ4n) is 1.16. The summed E-state index contributed by atoms with van der Waals surface area (Å²) >= 11 is 3.29. The Hall–Kier alpha value is -0.610. The summed E-state index contributed by atoms with van der Waals surface area (Å²) in [5.74, 6) is 0. The quantitative estimate of drug-likeness (QED) is 0.576. The minimum atomic E-state index is 0.889. The molecule has 0 bridgehead atoms. The predicted octanol–water partition coefficient (Wildman–Crippen LogP) is 3.28. The van der Waals surface area contributed by atoms with Crippen molar-refractivity contribution in [2.75, 3.05) is 33.2 Å². The average Bonchev–Trinajstić information content (AvgIpc) is 2.40. The van der Waals surface area contributed by atoms with Gasteiger partial charge in [0.1, 0.15) is 0 Å². The van der Waals surface area contributed by atoms with E-state index in [4.69, 9.17) is 0 Å². The lowest BCUT2D eigenvalue weighted by molar-refractivity contribution is -0.119. The normalized spacial score (nSPS) is 16.6. The lowest BCUT2D eigenvalue weighted by Crippen LogP contribution is -2.43. The first kappa shape index (κ1) is 19.7. The molecule has 0 aromatic carbocycles. The van der Waals surface area contributed by atoms with Crippen molar-refractivity contribution in [3.63, 3.8) is 0 Å². The number of allylic oxidation sites excluding steroid dienone is 4.